The van der Waals surface area contributed by atoms with E-state index in [1.807, 2.05) is 0 Å². The van der Waals surface area contributed by atoms with Gasteiger partial charge >= 0.3 is 0 Å². The quantitative estimate of drug-likeness (QED) is 0.638. The maximum atomic E-state index is 5.99. The molecule has 0 bridgehead atoms. The summed E-state index contributed by atoms with van der Waals surface area (Å²) in [5, 5.41) is 0. The molecule has 0 amide bonds. The standard InChI is InChI=1S/C8H11N3/c1-6-5-8(6,9)7-10-3-2-4-11-7/h2-4,6H,5,9H2,1H3. The molecule has 2 N–H and O–H groups in total. The first-order valence-electron chi connectivity index (χ1n) is 3.80. The molecular weight excluding hydrogens is 138 g/mol. The predicted molar refractivity (Wildman–Crippen MR) is 41.7 cm³/mol. The van der Waals surface area contributed by atoms with Crippen molar-refractivity contribution in [1.29, 1.82) is 0 Å². The molecule has 2 atom stereocenters. The average Bonchev–Trinajstić information content (AvgIpc) is 2.64. The van der Waals surface area contributed by atoms with E-state index in [2.05, 4.69) is 16.9 Å². The van der Waals surface area contributed by atoms with Crippen LogP contribution in [0.2, 0.25) is 0 Å². The van der Waals surface area contributed by atoms with Crippen molar-refractivity contribution in [1.82, 2.24) is 9.97 Å². The lowest BCUT2D eigenvalue weighted by atomic mass is 10.2. The number of rotatable bonds is 1. The Balaban J connectivity index is 2.32. The fourth-order valence-electron chi connectivity index (χ4n) is 1.30. The summed E-state index contributed by atoms with van der Waals surface area (Å²) in [6.07, 6.45) is 4.49. The van der Waals surface area contributed by atoms with Gasteiger partial charge in [0.1, 0.15) is 5.82 Å². The van der Waals surface area contributed by atoms with Crippen LogP contribution in [0.3, 0.4) is 0 Å². The molecule has 3 heteroatoms. The van der Waals surface area contributed by atoms with E-state index in [0.29, 0.717) is 5.92 Å². The summed E-state index contributed by atoms with van der Waals surface area (Å²) < 4.78 is 0. The van der Waals surface area contributed by atoms with Gasteiger partial charge in [-0.05, 0) is 18.4 Å². The molecule has 1 heterocycles. The van der Waals surface area contributed by atoms with Gasteiger partial charge in [0.2, 0.25) is 0 Å². The summed E-state index contributed by atoms with van der Waals surface area (Å²) in [5.74, 6) is 1.32. The van der Waals surface area contributed by atoms with Crippen molar-refractivity contribution in [3.63, 3.8) is 0 Å². The zero-order valence-electron chi connectivity index (χ0n) is 6.49. The van der Waals surface area contributed by atoms with Gasteiger partial charge in [0.05, 0.1) is 5.54 Å². The van der Waals surface area contributed by atoms with E-state index < -0.39 is 0 Å². The molecule has 1 aromatic rings. The minimum atomic E-state index is -0.221. The van der Waals surface area contributed by atoms with E-state index >= 15 is 0 Å². The summed E-state index contributed by atoms with van der Waals surface area (Å²) in [6, 6.07) is 1.81. The Bertz CT molecular complexity index is 259. The molecule has 1 aromatic heterocycles. The van der Waals surface area contributed by atoms with Gasteiger partial charge in [0.15, 0.2) is 0 Å². The molecule has 0 saturated heterocycles. The van der Waals surface area contributed by atoms with Crippen LogP contribution < -0.4 is 5.73 Å². The Labute approximate surface area is 65.7 Å². The maximum absolute atomic E-state index is 5.99. The Morgan fingerprint density at radius 3 is 2.55 bits per heavy atom. The highest BCUT2D eigenvalue weighted by Crippen LogP contribution is 2.47. The molecule has 1 aliphatic carbocycles. The molecule has 0 radical (unpaired) electrons. The van der Waals surface area contributed by atoms with Crippen molar-refractivity contribution in [2.75, 3.05) is 0 Å². The molecule has 3 nitrogen and oxygen atoms in total. The van der Waals surface area contributed by atoms with Gasteiger partial charge in [-0.25, -0.2) is 9.97 Å². The molecule has 1 saturated carbocycles. The van der Waals surface area contributed by atoms with E-state index in [0.717, 1.165) is 12.2 Å². The van der Waals surface area contributed by atoms with Crippen molar-refractivity contribution in [2.24, 2.45) is 11.7 Å². The third-order valence-corrected chi connectivity index (χ3v) is 2.35. The number of nitrogens with zero attached hydrogens (tertiary/aromatic N) is 2. The molecule has 0 aliphatic heterocycles. The third kappa shape index (κ3) is 0.922. The van der Waals surface area contributed by atoms with E-state index in [1.54, 1.807) is 18.5 Å². The van der Waals surface area contributed by atoms with Crippen LogP contribution in [-0.2, 0) is 5.54 Å². The van der Waals surface area contributed by atoms with Crippen LogP contribution in [0.4, 0.5) is 0 Å². The first kappa shape index (κ1) is 6.73. The summed E-state index contributed by atoms with van der Waals surface area (Å²) in [7, 11) is 0. The highest BCUT2D eigenvalue weighted by atomic mass is 15.0. The molecule has 58 valence electrons. The van der Waals surface area contributed by atoms with Crippen molar-refractivity contribution < 1.29 is 0 Å². The Kier molecular flexibility index (Phi) is 1.23. The lowest BCUT2D eigenvalue weighted by molar-refractivity contribution is 0.614. The van der Waals surface area contributed by atoms with Crippen LogP contribution in [0.1, 0.15) is 19.2 Å². The lowest BCUT2D eigenvalue weighted by Crippen LogP contribution is -2.24. The summed E-state index contributed by atoms with van der Waals surface area (Å²) >= 11 is 0. The van der Waals surface area contributed by atoms with Gasteiger partial charge in [0, 0.05) is 12.4 Å². The summed E-state index contributed by atoms with van der Waals surface area (Å²) in [5.41, 5.74) is 5.77. The number of hydrogen-bond acceptors (Lipinski definition) is 3. The van der Waals surface area contributed by atoms with Crippen molar-refractivity contribution in [3.05, 3.63) is 24.3 Å². The first-order valence-corrected chi connectivity index (χ1v) is 3.80. The van der Waals surface area contributed by atoms with Crippen LogP contribution in [-0.4, -0.2) is 9.97 Å². The van der Waals surface area contributed by atoms with E-state index in [4.69, 9.17) is 5.73 Å². The Hall–Kier alpha value is -0.960. The predicted octanol–water partition coefficient (Wildman–Crippen LogP) is 0.670. The van der Waals surface area contributed by atoms with Crippen LogP contribution in [0.25, 0.3) is 0 Å². The number of nitrogens with two attached hydrogens (primary N) is 1. The lowest BCUT2D eigenvalue weighted by Gasteiger charge is -2.06. The molecule has 1 aliphatic rings. The van der Waals surface area contributed by atoms with Gasteiger partial charge in [-0.1, -0.05) is 6.92 Å². The van der Waals surface area contributed by atoms with Crippen molar-refractivity contribution >= 4 is 0 Å². The van der Waals surface area contributed by atoms with Gasteiger partial charge in [0.25, 0.3) is 0 Å². The van der Waals surface area contributed by atoms with Gasteiger partial charge in [-0.3, -0.25) is 0 Å². The third-order valence-electron chi connectivity index (χ3n) is 2.35. The Morgan fingerprint density at radius 1 is 1.55 bits per heavy atom. The molecule has 0 aromatic carbocycles. The molecular formula is C8H11N3. The van der Waals surface area contributed by atoms with Crippen LogP contribution in [0, 0.1) is 5.92 Å². The summed E-state index contributed by atoms with van der Waals surface area (Å²) in [6.45, 7) is 2.12. The second-order valence-electron chi connectivity index (χ2n) is 3.22. The largest absolute Gasteiger partial charge is 0.319 e. The second-order valence-corrected chi connectivity index (χ2v) is 3.22. The van der Waals surface area contributed by atoms with Crippen LogP contribution in [0.15, 0.2) is 18.5 Å². The highest BCUT2D eigenvalue weighted by molar-refractivity contribution is 5.17. The number of hydrogen-bond donors (Lipinski definition) is 1. The molecule has 0 spiro atoms. The number of aromatic nitrogens is 2. The highest BCUT2D eigenvalue weighted by Gasteiger charge is 2.51. The van der Waals surface area contributed by atoms with E-state index in [1.165, 1.54) is 0 Å². The molecule has 1 fully saturated rings. The Morgan fingerprint density at radius 2 is 2.09 bits per heavy atom. The average molecular weight is 149 g/mol. The second kappa shape index (κ2) is 2.01. The first-order chi connectivity index (χ1) is 5.23. The maximum Gasteiger partial charge on any atom is 0.148 e. The van der Waals surface area contributed by atoms with Crippen molar-refractivity contribution in [3.8, 4) is 0 Å². The van der Waals surface area contributed by atoms with E-state index in [9.17, 15) is 0 Å². The van der Waals surface area contributed by atoms with E-state index in [-0.39, 0.29) is 5.54 Å². The molecule has 2 rings (SSSR count). The topological polar surface area (TPSA) is 51.8 Å². The van der Waals surface area contributed by atoms with Crippen LogP contribution in [0.5, 0.6) is 0 Å². The van der Waals surface area contributed by atoms with Crippen molar-refractivity contribution in [2.45, 2.75) is 18.9 Å². The van der Waals surface area contributed by atoms with Gasteiger partial charge in [-0.15, -0.1) is 0 Å². The fraction of sp³-hybridized carbons (Fsp3) is 0.500. The minimum Gasteiger partial charge on any atom is -0.319 e. The SMILES string of the molecule is CC1CC1(N)c1ncccn1. The normalized spacial score (nSPS) is 35.3. The minimum absolute atomic E-state index is 0.221. The van der Waals surface area contributed by atoms with Crippen LogP contribution >= 0.6 is 0 Å². The molecule has 11 heavy (non-hydrogen) atoms. The van der Waals surface area contributed by atoms with Gasteiger partial charge < -0.3 is 5.73 Å². The zero-order valence-corrected chi connectivity index (χ0v) is 6.49. The smallest absolute Gasteiger partial charge is 0.148 e. The summed E-state index contributed by atoms with van der Waals surface area (Å²) in [4.78, 5) is 8.25. The van der Waals surface area contributed by atoms with Gasteiger partial charge in [-0.2, -0.15) is 0 Å². The monoisotopic (exact) mass is 149 g/mol. The fourth-order valence-corrected chi connectivity index (χ4v) is 1.30. The zero-order chi connectivity index (χ0) is 7.90. The molecule has 2 unspecified atom stereocenters.